The van der Waals surface area contributed by atoms with Crippen LogP contribution in [0.1, 0.15) is 20.3 Å². The molecule has 1 aromatic rings. The first kappa shape index (κ1) is 12.0. The van der Waals surface area contributed by atoms with Crippen LogP contribution in [0, 0.1) is 6.07 Å². The second-order valence-electron chi connectivity index (χ2n) is 3.24. The van der Waals surface area contributed by atoms with Gasteiger partial charge >= 0.3 is 0 Å². The number of hydrogen-bond acceptors (Lipinski definition) is 2. The Bertz CT molecular complexity index is 386. The summed E-state index contributed by atoms with van der Waals surface area (Å²) < 4.78 is 25.2. The minimum atomic E-state index is -3.16. The molecule has 1 aromatic carbocycles. The zero-order valence-corrected chi connectivity index (χ0v) is 9.92. The predicted molar refractivity (Wildman–Crippen MR) is 62.4 cm³/mol. The molecular formula is C11H16NO2S. The summed E-state index contributed by atoms with van der Waals surface area (Å²) in [5.41, 5.74) is 0.688. The molecule has 0 fully saturated rings. The summed E-state index contributed by atoms with van der Waals surface area (Å²) in [5.74, 6) is 0.190. The lowest BCUT2D eigenvalue weighted by molar-refractivity contribution is 0.590. The van der Waals surface area contributed by atoms with Crippen molar-refractivity contribution in [1.29, 1.82) is 0 Å². The van der Waals surface area contributed by atoms with Crippen LogP contribution in [0.3, 0.4) is 0 Å². The molecule has 1 rings (SSSR count). The number of nitrogens with zero attached hydrogens (tertiary/aromatic N) is 1. The van der Waals surface area contributed by atoms with Crippen molar-refractivity contribution in [3.05, 3.63) is 30.3 Å². The van der Waals surface area contributed by atoms with E-state index in [2.05, 4.69) is 6.07 Å². The monoisotopic (exact) mass is 226 g/mol. The Morgan fingerprint density at radius 2 is 2.13 bits per heavy atom. The van der Waals surface area contributed by atoms with Gasteiger partial charge in [-0.15, -0.1) is 0 Å². The first-order chi connectivity index (χ1) is 7.11. The molecule has 0 aliphatic rings. The summed E-state index contributed by atoms with van der Waals surface area (Å²) in [6.45, 7) is 4.16. The number of anilines is 1. The van der Waals surface area contributed by atoms with E-state index in [4.69, 9.17) is 0 Å². The van der Waals surface area contributed by atoms with Gasteiger partial charge in [-0.25, -0.2) is 8.42 Å². The molecule has 3 nitrogen and oxygen atoms in total. The van der Waals surface area contributed by atoms with Crippen LogP contribution in [0.5, 0.6) is 0 Å². The molecular weight excluding hydrogens is 210 g/mol. The smallest absolute Gasteiger partial charge is 0.235 e. The van der Waals surface area contributed by atoms with E-state index in [1.54, 1.807) is 24.3 Å². The van der Waals surface area contributed by atoms with Crippen LogP contribution < -0.4 is 4.31 Å². The highest BCUT2D eigenvalue weighted by Crippen LogP contribution is 2.17. The van der Waals surface area contributed by atoms with Crippen LogP contribution in [0.25, 0.3) is 0 Å². The van der Waals surface area contributed by atoms with E-state index in [0.29, 0.717) is 18.7 Å². The molecule has 0 aromatic heterocycles. The zero-order chi connectivity index (χ0) is 11.3. The first-order valence-corrected chi connectivity index (χ1v) is 6.69. The summed E-state index contributed by atoms with van der Waals surface area (Å²) in [7, 11) is -3.16. The average Bonchev–Trinajstić information content (AvgIpc) is 2.19. The SMILES string of the molecule is CCCS(=O)(=O)N(CC)c1c[c]ccc1. The molecule has 0 saturated carbocycles. The van der Waals surface area contributed by atoms with Gasteiger partial charge in [-0.1, -0.05) is 19.1 Å². The third kappa shape index (κ3) is 2.96. The van der Waals surface area contributed by atoms with Crippen molar-refractivity contribution in [3.8, 4) is 0 Å². The highest BCUT2D eigenvalue weighted by atomic mass is 32.2. The maximum Gasteiger partial charge on any atom is 0.235 e. The average molecular weight is 226 g/mol. The van der Waals surface area contributed by atoms with Gasteiger partial charge in [0.1, 0.15) is 0 Å². The van der Waals surface area contributed by atoms with Crippen LogP contribution >= 0.6 is 0 Å². The Morgan fingerprint density at radius 3 is 2.60 bits per heavy atom. The fourth-order valence-corrected chi connectivity index (χ4v) is 3.01. The Hall–Kier alpha value is -1.03. The van der Waals surface area contributed by atoms with E-state index in [9.17, 15) is 8.42 Å². The molecule has 83 valence electrons. The van der Waals surface area contributed by atoms with Gasteiger partial charge in [0.25, 0.3) is 0 Å². The molecule has 0 aliphatic heterocycles. The van der Waals surface area contributed by atoms with Crippen molar-refractivity contribution >= 4 is 15.7 Å². The van der Waals surface area contributed by atoms with Gasteiger partial charge in [-0.05, 0) is 31.5 Å². The molecule has 0 heterocycles. The van der Waals surface area contributed by atoms with E-state index in [-0.39, 0.29) is 5.75 Å². The quantitative estimate of drug-likeness (QED) is 0.770. The topological polar surface area (TPSA) is 37.4 Å². The largest absolute Gasteiger partial charge is 0.271 e. The summed E-state index contributed by atoms with van der Waals surface area (Å²) >= 11 is 0. The molecule has 0 unspecified atom stereocenters. The number of benzene rings is 1. The van der Waals surface area contributed by atoms with Crippen molar-refractivity contribution < 1.29 is 8.42 Å². The number of hydrogen-bond donors (Lipinski definition) is 0. The number of rotatable bonds is 5. The van der Waals surface area contributed by atoms with Gasteiger partial charge in [-0.2, -0.15) is 0 Å². The molecule has 0 aliphatic carbocycles. The van der Waals surface area contributed by atoms with Gasteiger partial charge in [0, 0.05) is 6.54 Å². The summed E-state index contributed by atoms with van der Waals surface area (Å²) in [4.78, 5) is 0. The lowest BCUT2D eigenvalue weighted by Gasteiger charge is -2.22. The van der Waals surface area contributed by atoms with Gasteiger partial charge in [-0.3, -0.25) is 4.31 Å². The molecule has 4 heteroatoms. The minimum Gasteiger partial charge on any atom is -0.271 e. The summed E-state index contributed by atoms with van der Waals surface area (Å²) in [6.07, 6.45) is 0.634. The van der Waals surface area contributed by atoms with Crippen LogP contribution in [0.2, 0.25) is 0 Å². The molecule has 15 heavy (non-hydrogen) atoms. The van der Waals surface area contributed by atoms with Crippen LogP contribution in [0.4, 0.5) is 5.69 Å². The fraction of sp³-hybridized carbons (Fsp3) is 0.455. The molecule has 1 radical (unpaired) electrons. The first-order valence-electron chi connectivity index (χ1n) is 5.08. The van der Waals surface area contributed by atoms with E-state index in [1.165, 1.54) is 4.31 Å². The van der Waals surface area contributed by atoms with Crippen molar-refractivity contribution in [2.24, 2.45) is 0 Å². The van der Waals surface area contributed by atoms with E-state index >= 15 is 0 Å². The van der Waals surface area contributed by atoms with Crippen LogP contribution in [0.15, 0.2) is 24.3 Å². The predicted octanol–water partition coefficient (Wildman–Crippen LogP) is 2.05. The highest BCUT2D eigenvalue weighted by Gasteiger charge is 2.19. The summed E-state index contributed by atoms with van der Waals surface area (Å²) in [5, 5.41) is 0. The van der Waals surface area contributed by atoms with E-state index in [0.717, 1.165) is 0 Å². The molecule has 0 bridgehead atoms. The second-order valence-corrected chi connectivity index (χ2v) is 5.26. The van der Waals surface area contributed by atoms with Crippen molar-refractivity contribution in [2.45, 2.75) is 20.3 Å². The Kier molecular flexibility index (Phi) is 4.15. The van der Waals surface area contributed by atoms with Gasteiger partial charge < -0.3 is 0 Å². The Morgan fingerprint density at radius 1 is 1.40 bits per heavy atom. The summed E-state index contributed by atoms with van der Waals surface area (Å²) in [6, 6.07) is 9.90. The molecule has 0 saturated heterocycles. The second kappa shape index (κ2) is 5.16. The lowest BCUT2D eigenvalue weighted by atomic mass is 10.3. The Labute approximate surface area is 91.8 Å². The zero-order valence-electron chi connectivity index (χ0n) is 9.10. The maximum atomic E-state index is 11.9. The van der Waals surface area contributed by atoms with Gasteiger partial charge in [0.15, 0.2) is 0 Å². The van der Waals surface area contributed by atoms with Gasteiger partial charge in [0.05, 0.1) is 11.4 Å². The standard InChI is InChI=1S/C11H16NO2S/c1-3-10-15(13,14)12(4-2)11-8-6-5-7-9-11/h5-6,8-9H,3-4,10H2,1-2H3. The number of sulfonamides is 1. The van der Waals surface area contributed by atoms with Crippen LogP contribution in [-0.2, 0) is 10.0 Å². The molecule has 0 spiro atoms. The third-order valence-electron chi connectivity index (χ3n) is 2.06. The van der Waals surface area contributed by atoms with Crippen molar-refractivity contribution in [1.82, 2.24) is 0 Å². The Balaban J connectivity index is 3.00. The normalized spacial score (nSPS) is 11.3. The highest BCUT2D eigenvalue weighted by molar-refractivity contribution is 7.92. The van der Waals surface area contributed by atoms with Gasteiger partial charge in [0.2, 0.25) is 10.0 Å². The van der Waals surface area contributed by atoms with Crippen molar-refractivity contribution in [3.63, 3.8) is 0 Å². The fourth-order valence-electron chi connectivity index (χ4n) is 1.45. The molecule has 0 amide bonds. The van der Waals surface area contributed by atoms with Crippen LogP contribution in [-0.4, -0.2) is 20.7 Å². The molecule has 0 N–H and O–H groups in total. The van der Waals surface area contributed by atoms with E-state index in [1.807, 2.05) is 13.8 Å². The third-order valence-corrected chi connectivity index (χ3v) is 4.13. The van der Waals surface area contributed by atoms with E-state index < -0.39 is 10.0 Å². The molecule has 0 atom stereocenters. The van der Waals surface area contributed by atoms with Crippen molar-refractivity contribution in [2.75, 3.05) is 16.6 Å². The maximum absolute atomic E-state index is 11.9. The minimum absolute atomic E-state index is 0.190. The lowest BCUT2D eigenvalue weighted by Crippen LogP contribution is -2.32.